The van der Waals surface area contributed by atoms with Gasteiger partial charge in [-0.05, 0) is 75.4 Å². The molecule has 1 amide bonds. The van der Waals surface area contributed by atoms with Gasteiger partial charge in [-0.3, -0.25) is 19.1 Å². The molecule has 1 aliphatic rings. The van der Waals surface area contributed by atoms with Crippen molar-refractivity contribution < 1.29 is 4.79 Å². The third-order valence-electron chi connectivity index (χ3n) is 6.38. The maximum atomic E-state index is 13.7. The van der Waals surface area contributed by atoms with E-state index in [1.165, 1.54) is 11.3 Å². The van der Waals surface area contributed by atoms with E-state index < -0.39 is 0 Å². The maximum Gasteiger partial charge on any atom is 0.263 e. The van der Waals surface area contributed by atoms with Crippen LogP contribution < -0.4 is 10.9 Å². The number of fused-ring (bicyclic) bond motifs is 3. The molecule has 1 aliphatic carbocycles. The summed E-state index contributed by atoms with van der Waals surface area (Å²) >= 11 is 1.66. The van der Waals surface area contributed by atoms with Crippen molar-refractivity contribution in [2.24, 2.45) is 0 Å². The van der Waals surface area contributed by atoms with E-state index in [2.05, 4.69) is 24.1 Å². The Labute approximate surface area is 193 Å². The number of rotatable bonds is 7. The minimum atomic E-state index is -0.202. The molecule has 0 unspecified atom stereocenters. The van der Waals surface area contributed by atoms with Crippen LogP contribution in [0.2, 0.25) is 0 Å². The van der Waals surface area contributed by atoms with Crippen LogP contribution in [0.4, 0.5) is 5.69 Å². The van der Waals surface area contributed by atoms with Gasteiger partial charge < -0.3 is 5.32 Å². The number of carbonyl (C=O) groups excluding carboxylic acids is 1. The van der Waals surface area contributed by atoms with Crippen molar-refractivity contribution in [3.8, 4) is 0 Å². The van der Waals surface area contributed by atoms with E-state index in [9.17, 15) is 9.59 Å². The summed E-state index contributed by atoms with van der Waals surface area (Å²) in [5.41, 5.74) is 3.95. The lowest BCUT2D eigenvalue weighted by molar-refractivity contribution is -0.116. The Hall–Kier alpha value is -2.51. The minimum Gasteiger partial charge on any atom is -0.324 e. The Kier molecular flexibility index (Phi) is 6.76. The highest BCUT2D eigenvalue weighted by molar-refractivity contribution is 7.18. The molecule has 1 N–H and O–H groups in total. The van der Waals surface area contributed by atoms with Gasteiger partial charge in [-0.25, -0.2) is 4.98 Å². The first-order valence-electron chi connectivity index (χ1n) is 11.5. The number of benzene rings is 1. The van der Waals surface area contributed by atoms with Gasteiger partial charge in [0.15, 0.2) is 0 Å². The molecule has 3 aromatic rings. The summed E-state index contributed by atoms with van der Waals surface area (Å²) in [6.45, 7) is 10.4. The number of amides is 1. The van der Waals surface area contributed by atoms with Crippen LogP contribution in [0.1, 0.15) is 54.1 Å². The monoisotopic (exact) mass is 452 g/mol. The molecular weight excluding hydrogens is 420 g/mol. The highest BCUT2D eigenvalue weighted by Gasteiger charge is 2.23. The lowest BCUT2D eigenvalue weighted by atomic mass is 9.97. The first kappa shape index (κ1) is 22.7. The molecule has 0 saturated heterocycles. The minimum absolute atomic E-state index is 0.0314. The molecule has 1 aromatic carbocycles. The standard InChI is InChI=1S/C25H32N4O2S/c1-5-28(6-2)14-21-27-24-23(18-9-7-8-10-20(18)32-24)25(31)29(21)15-22(30)26-19-13-16(3)11-12-17(19)4/h11-13H,5-10,14-15H2,1-4H3,(H,26,30). The first-order valence-corrected chi connectivity index (χ1v) is 12.4. The molecule has 0 atom stereocenters. The fourth-order valence-corrected chi connectivity index (χ4v) is 5.69. The molecule has 2 aromatic heterocycles. The number of aryl methyl sites for hydroxylation is 4. The number of thiophene rings is 1. The summed E-state index contributed by atoms with van der Waals surface area (Å²) < 4.78 is 1.60. The fourth-order valence-electron chi connectivity index (χ4n) is 4.42. The summed E-state index contributed by atoms with van der Waals surface area (Å²) in [5.74, 6) is 0.466. The zero-order chi connectivity index (χ0) is 22.8. The largest absolute Gasteiger partial charge is 0.324 e. The Morgan fingerprint density at radius 1 is 1.19 bits per heavy atom. The first-order chi connectivity index (χ1) is 15.4. The molecule has 7 heteroatoms. The number of nitrogens with one attached hydrogen (secondary N) is 1. The normalized spacial score (nSPS) is 13.5. The van der Waals surface area contributed by atoms with Crippen molar-refractivity contribution in [3.05, 3.63) is 55.9 Å². The molecule has 4 rings (SSSR count). The second kappa shape index (κ2) is 9.55. The van der Waals surface area contributed by atoms with E-state index in [1.807, 2.05) is 32.0 Å². The molecule has 0 radical (unpaired) electrons. The van der Waals surface area contributed by atoms with Gasteiger partial charge in [0.05, 0.1) is 11.9 Å². The summed E-state index contributed by atoms with van der Waals surface area (Å²) in [5, 5.41) is 3.73. The predicted octanol–water partition coefficient (Wildman–Crippen LogP) is 4.43. The Bertz CT molecular complexity index is 1210. The molecule has 32 heavy (non-hydrogen) atoms. The van der Waals surface area contributed by atoms with Gasteiger partial charge in [-0.1, -0.05) is 26.0 Å². The second-order valence-electron chi connectivity index (χ2n) is 8.64. The molecule has 0 saturated carbocycles. The van der Waals surface area contributed by atoms with E-state index in [0.717, 1.165) is 64.9 Å². The van der Waals surface area contributed by atoms with Crippen molar-refractivity contribution in [2.45, 2.75) is 66.5 Å². The van der Waals surface area contributed by atoms with Crippen molar-refractivity contribution in [1.29, 1.82) is 0 Å². The SMILES string of the molecule is CCN(CC)Cc1nc2sc3c(c2c(=O)n1CC(=O)Nc1cc(C)ccc1C)CCCC3. The van der Waals surface area contributed by atoms with E-state index >= 15 is 0 Å². The number of hydrogen-bond acceptors (Lipinski definition) is 5. The van der Waals surface area contributed by atoms with Crippen LogP contribution in [0.3, 0.4) is 0 Å². The number of hydrogen-bond donors (Lipinski definition) is 1. The number of carbonyl (C=O) groups is 1. The van der Waals surface area contributed by atoms with Gasteiger partial charge in [-0.2, -0.15) is 0 Å². The average Bonchev–Trinajstić information content (AvgIpc) is 3.15. The smallest absolute Gasteiger partial charge is 0.263 e. The Morgan fingerprint density at radius 3 is 2.69 bits per heavy atom. The van der Waals surface area contributed by atoms with Gasteiger partial charge in [0.25, 0.3) is 5.56 Å². The van der Waals surface area contributed by atoms with Crippen LogP contribution in [0.15, 0.2) is 23.0 Å². The quantitative estimate of drug-likeness (QED) is 0.576. The Balaban J connectivity index is 1.74. The molecule has 2 heterocycles. The predicted molar refractivity (Wildman–Crippen MR) is 132 cm³/mol. The molecule has 170 valence electrons. The Morgan fingerprint density at radius 2 is 1.94 bits per heavy atom. The summed E-state index contributed by atoms with van der Waals surface area (Å²) in [4.78, 5) is 36.0. The average molecular weight is 453 g/mol. The van der Waals surface area contributed by atoms with Crippen molar-refractivity contribution >= 4 is 33.1 Å². The van der Waals surface area contributed by atoms with Gasteiger partial charge in [0, 0.05) is 10.6 Å². The zero-order valence-corrected chi connectivity index (χ0v) is 20.3. The third-order valence-corrected chi connectivity index (χ3v) is 7.57. The van der Waals surface area contributed by atoms with Gasteiger partial charge in [0.1, 0.15) is 17.2 Å². The number of nitrogens with zero attached hydrogens (tertiary/aromatic N) is 3. The van der Waals surface area contributed by atoms with Crippen LogP contribution in [0.25, 0.3) is 10.2 Å². The number of anilines is 1. The summed E-state index contributed by atoms with van der Waals surface area (Å²) in [6.07, 6.45) is 4.22. The summed E-state index contributed by atoms with van der Waals surface area (Å²) in [6, 6.07) is 5.98. The topological polar surface area (TPSA) is 67.2 Å². The van der Waals surface area contributed by atoms with E-state index in [-0.39, 0.29) is 18.0 Å². The summed E-state index contributed by atoms with van der Waals surface area (Å²) in [7, 11) is 0. The van der Waals surface area contributed by atoms with Crippen molar-refractivity contribution in [2.75, 3.05) is 18.4 Å². The van der Waals surface area contributed by atoms with E-state index in [1.54, 1.807) is 15.9 Å². The van der Waals surface area contributed by atoms with Crippen LogP contribution >= 0.6 is 11.3 Å². The molecule has 0 aliphatic heterocycles. The highest BCUT2D eigenvalue weighted by Crippen LogP contribution is 2.34. The van der Waals surface area contributed by atoms with Gasteiger partial charge in [0.2, 0.25) is 5.91 Å². The van der Waals surface area contributed by atoms with Crippen LogP contribution in [-0.2, 0) is 30.7 Å². The van der Waals surface area contributed by atoms with Crippen LogP contribution in [-0.4, -0.2) is 33.4 Å². The molecule has 0 spiro atoms. The lowest BCUT2D eigenvalue weighted by Gasteiger charge is -2.20. The van der Waals surface area contributed by atoms with Crippen LogP contribution in [0, 0.1) is 13.8 Å². The lowest BCUT2D eigenvalue weighted by Crippen LogP contribution is -2.34. The molecule has 0 bridgehead atoms. The van der Waals surface area contributed by atoms with Crippen molar-refractivity contribution in [3.63, 3.8) is 0 Å². The molecular formula is C25H32N4O2S. The van der Waals surface area contributed by atoms with E-state index in [0.29, 0.717) is 12.4 Å². The number of aromatic nitrogens is 2. The van der Waals surface area contributed by atoms with E-state index in [4.69, 9.17) is 4.98 Å². The zero-order valence-electron chi connectivity index (χ0n) is 19.5. The highest BCUT2D eigenvalue weighted by atomic mass is 32.1. The molecule has 0 fully saturated rings. The van der Waals surface area contributed by atoms with Crippen LogP contribution in [0.5, 0.6) is 0 Å². The van der Waals surface area contributed by atoms with Gasteiger partial charge in [-0.15, -0.1) is 11.3 Å². The van der Waals surface area contributed by atoms with Crippen molar-refractivity contribution in [1.82, 2.24) is 14.5 Å². The fraction of sp³-hybridized carbons (Fsp3) is 0.480. The van der Waals surface area contributed by atoms with Gasteiger partial charge >= 0.3 is 0 Å². The maximum absolute atomic E-state index is 13.7. The second-order valence-corrected chi connectivity index (χ2v) is 9.72. The third kappa shape index (κ3) is 4.50. The molecule has 6 nitrogen and oxygen atoms in total.